The number of hydrogen-bond acceptors (Lipinski definition) is 2. The maximum absolute atomic E-state index is 11.9. The minimum absolute atomic E-state index is 0.00870. The highest BCUT2D eigenvalue weighted by molar-refractivity contribution is 5.97. The summed E-state index contributed by atoms with van der Waals surface area (Å²) in [5.41, 5.74) is 5.09. The van der Waals surface area contributed by atoms with Crippen molar-refractivity contribution in [1.82, 2.24) is 0 Å². The highest BCUT2D eigenvalue weighted by Crippen LogP contribution is 2.30. The number of ketones is 1. The molecule has 0 aromatic heterocycles. The van der Waals surface area contributed by atoms with Gasteiger partial charge in [0.2, 0.25) is 0 Å². The van der Waals surface area contributed by atoms with Crippen LogP contribution in [-0.2, 0) is 6.61 Å². The molecule has 120 valence electrons. The number of hydrogen-bond donors (Lipinski definition) is 0. The van der Waals surface area contributed by atoms with Crippen LogP contribution in [0.15, 0.2) is 72.8 Å². The molecule has 0 fully saturated rings. The van der Waals surface area contributed by atoms with Crippen LogP contribution in [0.4, 0.5) is 0 Å². The molecule has 0 saturated carbocycles. The normalized spacial score (nSPS) is 10.4. The molecule has 3 aromatic carbocycles. The number of aryl methyl sites for hydroxylation is 1. The zero-order chi connectivity index (χ0) is 16.9. The number of benzene rings is 3. The molecule has 0 aliphatic carbocycles. The van der Waals surface area contributed by atoms with Crippen LogP contribution >= 0.6 is 0 Å². The summed E-state index contributed by atoms with van der Waals surface area (Å²) in [6.45, 7) is 4.09. The molecule has 0 N–H and O–H groups in total. The van der Waals surface area contributed by atoms with Crippen LogP contribution in [-0.4, -0.2) is 5.78 Å². The molecule has 0 aliphatic rings. The first-order valence-corrected chi connectivity index (χ1v) is 8.03. The number of ether oxygens (including phenoxy) is 1. The minimum atomic E-state index is 0.00870. The lowest BCUT2D eigenvalue weighted by Crippen LogP contribution is -2.02. The smallest absolute Gasteiger partial charge is 0.163 e. The molecule has 3 rings (SSSR count). The minimum Gasteiger partial charge on any atom is -0.488 e. The highest BCUT2D eigenvalue weighted by atomic mass is 16.5. The first-order chi connectivity index (χ1) is 11.6. The fourth-order valence-corrected chi connectivity index (χ4v) is 2.73. The summed E-state index contributed by atoms with van der Waals surface area (Å²) in [6, 6.07) is 24.0. The third-order valence-corrected chi connectivity index (χ3v) is 4.05. The maximum Gasteiger partial charge on any atom is 0.163 e. The maximum atomic E-state index is 11.9. The summed E-state index contributed by atoms with van der Waals surface area (Å²) >= 11 is 0. The Hall–Kier alpha value is -2.87. The zero-order valence-electron chi connectivity index (χ0n) is 14.0. The average Bonchev–Trinajstić information content (AvgIpc) is 2.61. The van der Waals surface area contributed by atoms with Crippen molar-refractivity contribution in [2.45, 2.75) is 20.5 Å². The molecule has 3 aromatic rings. The van der Waals surface area contributed by atoms with Gasteiger partial charge in [-0.15, -0.1) is 0 Å². The molecule has 0 spiro atoms. The fraction of sp³-hybridized carbons (Fsp3) is 0.136. The molecule has 0 radical (unpaired) electrons. The highest BCUT2D eigenvalue weighted by Gasteiger charge is 2.11. The predicted octanol–water partition coefficient (Wildman–Crippen LogP) is 5.44. The summed E-state index contributed by atoms with van der Waals surface area (Å²) in [7, 11) is 0. The van der Waals surface area contributed by atoms with E-state index in [9.17, 15) is 4.79 Å². The van der Waals surface area contributed by atoms with Gasteiger partial charge in [-0.25, -0.2) is 0 Å². The van der Waals surface area contributed by atoms with Crippen LogP contribution in [0.1, 0.15) is 28.4 Å². The summed E-state index contributed by atoms with van der Waals surface area (Å²) in [6.07, 6.45) is 0. The second kappa shape index (κ2) is 7.14. The van der Waals surface area contributed by atoms with Gasteiger partial charge in [0.15, 0.2) is 5.78 Å². The van der Waals surface area contributed by atoms with E-state index < -0.39 is 0 Å². The number of carbonyl (C=O) groups excluding carboxylic acids is 1. The summed E-state index contributed by atoms with van der Waals surface area (Å²) in [5, 5.41) is 0. The summed E-state index contributed by atoms with van der Waals surface area (Å²) in [4.78, 5) is 11.9. The molecule has 0 saturated heterocycles. The Labute approximate surface area is 142 Å². The Morgan fingerprint density at radius 1 is 0.917 bits per heavy atom. The van der Waals surface area contributed by atoms with E-state index in [0.717, 1.165) is 16.7 Å². The van der Waals surface area contributed by atoms with Gasteiger partial charge in [0.25, 0.3) is 0 Å². The molecule has 2 heteroatoms. The van der Waals surface area contributed by atoms with Crippen molar-refractivity contribution in [2.75, 3.05) is 0 Å². The Morgan fingerprint density at radius 2 is 1.62 bits per heavy atom. The van der Waals surface area contributed by atoms with Crippen LogP contribution in [0, 0.1) is 6.92 Å². The second-order valence-electron chi connectivity index (χ2n) is 5.86. The van der Waals surface area contributed by atoms with Gasteiger partial charge in [-0.1, -0.05) is 60.7 Å². The molecule has 0 heterocycles. The van der Waals surface area contributed by atoms with Crippen LogP contribution in [0.25, 0.3) is 11.1 Å². The lowest BCUT2D eigenvalue weighted by Gasteiger charge is -2.13. The molecular weight excluding hydrogens is 296 g/mol. The van der Waals surface area contributed by atoms with Gasteiger partial charge in [-0.3, -0.25) is 4.79 Å². The zero-order valence-corrected chi connectivity index (χ0v) is 14.0. The predicted molar refractivity (Wildman–Crippen MR) is 97.4 cm³/mol. The van der Waals surface area contributed by atoms with Crippen LogP contribution in [0.2, 0.25) is 0 Å². The first kappa shape index (κ1) is 16.0. The van der Waals surface area contributed by atoms with Gasteiger partial charge in [-0.05, 0) is 48.2 Å². The van der Waals surface area contributed by atoms with Crippen molar-refractivity contribution >= 4 is 5.78 Å². The Morgan fingerprint density at radius 3 is 2.33 bits per heavy atom. The third kappa shape index (κ3) is 3.54. The molecule has 2 nitrogen and oxygen atoms in total. The van der Waals surface area contributed by atoms with E-state index in [1.807, 2.05) is 60.7 Å². The Bertz CT molecular complexity index is 851. The largest absolute Gasteiger partial charge is 0.488 e. The van der Waals surface area contributed by atoms with Crippen LogP contribution < -0.4 is 4.74 Å². The Kier molecular flexibility index (Phi) is 4.76. The van der Waals surface area contributed by atoms with E-state index in [-0.39, 0.29) is 5.78 Å². The fourth-order valence-electron chi connectivity index (χ4n) is 2.73. The van der Waals surface area contributed by atoms with Crippen LogP contribution in [0.3, 0.4) is 0 Å². The Balaban J connectivity index is 1.95. The molecular formula is C22H20O2. The molecule has 0 aliphatic heterocycles. The molecule has 0 amide bonds. The monoisotopic (exact) mass is 316 g/mol. The standard InChI is InChI=1S/C22H20O2/c1-16-8-6-7-11-20(16)19-12-13-21(17(2)23)22(14-19)24-15-18-9-4-3-5-10-18/h3-14H,15H2,1-2H3. The van der Waals surface area contributed by atoms with E-state index in [2.05, 4.69) is 19.1 Å². The van der Waals surface area contributed by atoms with Crippen molar-refractivity contribution in [1.29, 1.82) is 0 Å². The van der Waals surface area contributed by atoms with E-state index in [1.165, 1.54) is 5.56 Å². The van der Waals surface area contributed by atoms with E-state index in [0.29, 0.717) is 17.9 Å². The van der Waals surface area contributed by atoms with E-state index in [4.69, 9.17) is 4.74 Å². The SMILES string of the molecule is CC(=O)c1ccc(-c2ccccc2C)cc1OCc1ccccc1. The molecule has 24 heavy (non-hydrogen) atoms. The number of rotatable bonds is 5. The average molecular weight is 316 g/mol. The quantitative estimate of drug-likeness (QED) is 0.586. The van der Waals surface area contributed by atoms with Gasteiger partial charge in [0, 0.05) is 0 Å². The van der Waals surface area contributed by atoms with Crippen molar-refractivity contribution < 1.29 is 9.53 Å². The van der Waals surface area contributed by atoms with Crippen molar-refractivity contribution in [3.63, 3.8) is 0 Å². The molecule has 0 atom stereocenters. The number of carbonyl (C=O) groups is 1. The van der Waals surface area contributed by atoms with E-state index in [1.54, 1.807) is 6.92 Å². The lowest BCUT2D eigenvalue weighted by molar-refractivity contribution is 0.101. The van der Waals surface area contributed by atoms with Crippen molar-refractivity contribution in [3.05, 3.63) is 89.5 Å². The van der Waals surface area contributed by atoms with Crippen LogP contribution in [0.5, 0.6) is 5.75 Å². The number of Topliss-reactive ketones (excluding diaryl/α,β-unsaturated/α-hetero) is 1. The summed E-state index contributed by atoms with van der Waals surface area (Å²) in [5.74, 6) is 0.640. The van der Waals surface area contributed by atoms with Crippen molar-refractivity contribution in [2.24, 2.45) is 0 Å². The molecule has 0 bridgehead atoms. The van der Waals surface area contributed by atoms with E-state index >= 15 is 0 Å². The second-order valence-corrected chi connectivity index (χ2v) is 5.86. The van der Waals surface area contributed by atoms with Gasteiger partial charge in [0.1, 0.15) is 12.4 Å². The van der Waals surface area contributed by atoms with Gasteiger partial charge in [0.05, 0.1) is 5.56 Å². The third-order valence-electron chi connectivity index (χ3n) is 4.05. The van der Waals surface area contributed by atoms with Gasteiger partial charge in [-0.2, -0.15) is 0 Å². The van der Waals surface area contributed by atoms with Gasteiger partial charge < -0.3 is 4.74 Å². The van der Waals surface area contributed by atoms with Crippen molar-refractivity contribution in [3.8, 4) is 16.9 Å². The first-order valence-electron chi connectivity index (χ1n) is 8.03. The molecule has 0 unspecified atom stereocenters. The summed E-state index contributed by atoms with van der Waals surface area (Å²) < 4.78 is 5.97. The lowest BCUT2D eigenvalue weighted by atomic mass is 9.98. The van der Waals surface area contributed by atoms with Gasteiger partial charge >= 0.3 is 0 Å². The topological polar surface area (TPSA) is 26.3 Å².